The summed E-state index contributed by atoms with van der Waals surface area (Å²) in [5.74, 6) is 1.86. The van der Waals surface area contributed by atoms with Crippen LogP contribution in [0.25, 0.3) is 0 Å². The number of furan rings is 1. The quantitative estimate of drug-likeness (QED) is 0.823. The van der Waals surface area contributed by atoms with Gasteiger partial charge < -0.3 is 19.6 Å². The van der Waals surface area contributed by atoms with E-state index in [0.29, 0.717) is 36.9 Å². The highest BCUT2D eigenvalue weighted by Crippen LogP contribution is 2.44. The molecule has 2 aromatic heterocycles. The van der Waals surface area contributed by atoms with Crippen LogP contribution in [0.4, 0.5) is 0 Å². The topological polar surface area (TPSA) is 103 Å². The molecule has 1 aliphatic heterocycles. The molecule has 0 spiro atoms. The van der Waals surface area contributed by atoms with Crippen LogP contribution in [0.1, 0.15) is 65.4 Å². The number of hydrogen-bond donors (Lipinski definition) is 1. The number of aromatic nitrogens is 1. The number of amides is 2. The molecule has 0 radical (unpaired) electrons. The third kappa shape index (κ3) is 3.57. The number of carbonyl (C=O) groups is 2. The molecule has 28 heavy (non-hydrogen) atoms. The minimum absolute atomic E-state index is 0.175. The fraction of sp³-hybridized carbons (Fsp3) is 0.571. The molecule has 2 aromatic rings. The molecule has 7 heteroatoms. The van der Waals surface area contributed by atoms with Crippen LogP contribution >= 0.6 is 0 Å². The lowest BCUT2D eigenvalue weighted by molar-refractivity contribution is -0.131. The predicted octanol–water partition coefficient (Wildman–Crippen LogP) is 2.98. The molecule has 0 aromatic carbocycles. The molecule has 1 atom stereocenters. The third-order valence-electron chi connectivity index (χ3n) is 6.17. The van der Waals surface area contributed by atoms with Crippen molar-refractivity contribution in [2.45, 2.75) is 52.4 Å². The van der Waals surface area contributed by atoms with Crippen LogP contribution in [0.2, 0.25) is 0 Å². The first-order valence-corrected chi connectivity index (χ1v) is 9.97. The second-order valence-electron chi connectivity index (χ2n) is 8.37. The van der Waals surface area contributed by atoms with Gasteiger partial charge in [-0.15, -0.1) is 0 Å². The van der Waals surface area contributed by atoms with Gasteiger partial charge in [0.05, 0.1) is 11.1 Å². The van der Waals surface area contributed by atoms with Gasteiger partial charge >= 0.3 is 0 Å². The van der Waals surface area contributed by atoms with Crippen molar-refractivity contribution in [3.8, 4) is 0 Å². The number of nitrogens with zero attached hydrogens (tertiary/aromatic N) is 2. The van der Waals surface area contributed by atoms with Crippen LogP contribution in [0.15, 0.2) is 21.1 Å². The number of aryl methyl sites for hydroxylation is 2. The molecule has 2 aliphatic rings. The average molecular weight is 385 g/mol. The van der Waals surface area contributed by atoms with Crippen molar-refractivity contribution in [2.75, 3.05) is 13.1 Å². The van der Waals surface area contributed by atoms with Gasteiger partial charge in [0.1, 0.15) is 11.5 Å². The van der Waals surface area contributed by atoms with Gasteiger partial charge in [0.2, 0.25) is 5.91 Å². The van der Waals surface area contributed by atoms with Crippen LogP contribution in [-0.4, -0.2) is 35.0 Å². The normalized spacial score (nSPS) is 22.4. The molecular weight excluding hydrogens is 358 g/mol. The number of likely N-dealkylation sites (tertiary alicyclic amines) is 1. The third-order valence-corrected chi connectivity index (χ3v) is 6.17. The first-order valence-electron chi connectivity index (χ1n) is 9.97. The Morgan fingerprint density at radius 2 is 2.11 bits per heavy atom. The average Bonchev–Trinajstić information content (AvgIpc) is 3.26. The maximum absolute atomic E-state index is 13.0. The number of primary amides is 1. The number of piperidine rings is 1. The number of rotatable bonds is 6. The molecule has 2 amide bonds. The summed E-state index contributed by atoms with van der Waals surface area (Å²) in [5.41, 5.74) is 6.97. The summed E-state index contributed by atoms with van der Waals surface area (Å²) >= 11 is 0. The highest BCUT2D eigenvalue weighted by Gasteiger charge is 2.45. The SMILES string of the molecule is Cc1noc(C)c1Cc1ccc(C(=O)N2CCCC(CC3CC3)(C(N)=O)C2)o1. The van der Waals surface area contributed by atoms with Gasteiger partial charge in [-0.1, -0.05) is 18.0 Å². The molecule has 1 aliphatic carbocycles. The Hall–Kier alpha value is -2.57. The van der Waals surface area contributed by atoms with Crippen LogP contribution in [0, 0.1) is 25.2 Å². The summed E-state index contributed by atoms with van der Waals surface area (Å²) in [6, 6.07) is 3.52. The molecule has 1 unspecified atom stereocenters. The summed E-state index contributed by atoms with van der Waals surface area (Å²) in [5, 5.41) is 3.95. The van der Waals surface area contributed by atoms with Gasteiger partial charge in [0, 0.05) is 25.1 Å². The van der Waals surface area contributed by atoms with Crippen molar-refractivity contribution < 1.29 is 18.5 Å². The van der Waals surface area contributed by atoms with Crippen LogP contribution in [0.3, 0.4) is 0 Å². The first-order chi connectivity index (χ1) is 13.4. The molecule has 2 fully saturated rings. The van der Waals surface area contributed by atoms with Gasteiger partial charge in [0.15, 0.2) is 5.76 Å². The summed E-state index contributed by atoms with van der Waals surface area (Å²) in [7, 11) is 0. The van der Waals surface area contributed by atoms with E-state index in [2.05, 4.69) is 5.16 Å². The van der Waals surface area contributed by atoms with Crippen molar-refractivity contribution in [3.63, 3.8) is 0 Å². The van der Waals surface area contributed by atoms with E-state index in [1.54, 1.807) is 11.0 Å². The van der Waals surface area contributed by atoms with Gasteiger partial charge in [-0.3, -0.25) is 9.59 Å². The second-order valence-corrected chi connectivity index (χ2v) is 8.37. The van der Waals surface area contributed by atoms with Gasteiger partial charge in [-0.25, -0.2) is 0 Å². The van der Waals surface area contributed by atoms with Gasteiger partial charge in [-0.2, -0.15) is 0 Å². The van der Waals surface area contributed by atoms with Crippen molar-refractivity contribution >= 4 is 11.8 Å². The Kier molecular flexibility index (Phi) is 4.77. The fourth-order valence-electron chi connectivity index (χ4n) is 4.32. The number of nitrogens with two attached hydrogens (primary N) is 1. The maximum Gasteiger partial charge on any atom is 0.289 e. The zero-order chi connectivity index (χ0) is 19.9. The Morgan fingerprint density at radius 3 is 2.75 bits per heavy atom. The molecule has 3 heterocycles. The van der Waals surface area contributed by atoms with E-state index in [4.69, 9.17) is 14.7 Å². The Balaban J connectivity index is 1.48. The maximum atomic E-state index is 13.0. The minimum atomic E-state index is -0.596. The highest BCUT2D eigenvalue weighted by atomic mass is 16.5. The van der Waals surface area contributed by atoms with Crippen molar-refractivity contribution in [2.24, 2.45) is 17.1 Å². The minimum Gasteiger partial charge on any atom is -0.456 e. The smallest absolute Gasteiger partial charge is 0.289 e. The highest BCUT2D eigenvalue weighted by molar-refractivity contribution is 5.92. The second kappa shape index (κ2) is 7.11. The van der Waals surface area contributed by atoms with E-state index in [1.807, 2.05) is 19.9 Å². The predicted molar refractivity (Wildman–Crippen MR) is 102 cm³/mol. The van der Waals surface area contributed by atoms with E-state index < -0.39 is 5.41 Å². The zero-order valence-corrected chi connectivity index (χ0v) is 16.5. The standard InChI is InChI=1S/C21H27N3O4/c1-13-17(14(2)28-23-13)10-16-6-7-18(27-16)19(25)24-9-3-8-21(12-24,20(22)26)11-15-4-5-15/h6-7,15H,3-5,8-12H2,1-2H3,(H2,22,26). The fourth-order valence-corrected chi connectivity index (χ4v) is 4.32. The molecule has 7 nitrogen and oxygen atoms in total. The lowest BCUT2D eigenvalue weighted by Gasteiger charge is -2.40. The van der Waals surface area contributed by atoms with E-state index in [9.17, 15) is 9.59 Å². The van der Waals surface area contributed by atoms with Crippen LogP contribution < -0.4 is 5.73 Å². The summed E-state index contributed by atoms with van der Waals surface area (Å²) in [6.07, 6.45) is 5.19. The van der Waals surface area contributed by atoms with E-state index in [0.717, 1.165) is 49.1 Å². The molecule has 1 saturated carbocycles. The van der Waals surface area contributed by atoms with E-state index in [-0.39, 0.29) is 11.8 Å². The molecule has 4 rings (SSSR count). The molecule has 1 saturated heterocycles. The van der Waals surface area contributed by atoms with Crippen molar-refractivity contribution in [3.05, 3.63) is 40.7 Å². The Labute approximate surface area is 164 Å². The molecular formula is C21H27N3O4. The molecule has 150 valence electrons. The number of carbonyl (C=O) groups excluding carboxylic acids is 2. The number of hydrogen-bond acceptors (Lipinski definition) is 5. The molecule has 2 N–H and O–H groups in total. The monoisotopic (exact) mass is 385 g/mol. The lowest BCUT2D eigenvalue weighted by atomic mass is 9.75. The Bertz CT molecular complexity index is 876. The Morgan fingerprint density at radius 1 is 1.32 bits per heavy atom. The largest absolute Gasteiger partial charge is 0.456 e. The van der Waals surface area contributed by atoms with Gasteiger partial charge in [-0.05, 0) is 51.2 Å². The summed E-state index contributed by atoms with van der Waals surface area (Å²) in [6.45, 7) is 4.76. The molecule has 0 bridgehead atoms. The van der Waals surface area contributed by atoms with Gasteiger partial charge in [0.25, 0.3) is 5.91 Å². The van der Waals surface area contributed by atoms with Crippen molar-refractivity contribution in [1.82, 2.24) is 10.1 Å². The van der Waals surface area contributed by atoms with Crippen LogP contribution in [0.5, 0.6) is 0 Å². The first kappa shape index (κ1) is 18.8. The van der Waals surface area contributed by atoms with E-state index in [1.165, 1.54) is 0 Å². The van der Waals surface area contributed by atoms with E-state index >= 15 is 0 Å². The summed E-state index contributed by atoms with van der Waals surface area (Å²) < 4.78 is 11.0. The zero-order valence-electron chi connectivity index (χ0n) is 16.5. The summed E-state index contributed by atoms with van der Waals surface area (Å²) in [4.78, 5) is 27.0. The van der Waals surface area contributed by atoms with Crippen LogP contribution in [-0.2, 0) is 11.2 Å². The lowest BCUT2D eigenvalue weighted by Crippen LogP contribution is -2.52. The van der Waals surface area contributed by atoms with Crippen molar-refractivity contribution in [1.29, 1.82) is 0 Å².